The summed E-state index contributed by atoms with van der Waals surface area (Å²) in [4.78, 5) is 3.19. The Hall–Kier alpha value is -1.22. The molecule has 0 spiro atoms. The van der Waals surface area contributed by atoms with Crippen LogP contribution in [0.5, 0.6) is 0 Å². The second-order valence-corrected chi connectivity index (χ2v) is 9.17. The van der Waals surface area contributed by atoms with E-state index in [1.54, 1.807) is 6.07 Å². The third kappa shape index (κ3) is 3.42. The average Bonchev–Trinajstić information content (AvgIpc) is 3.25. The highest BCUT2D eigenvalue weighted by molar-refractivity contribution is 7.91. The Balaban J connectivity index is 1.74. The van der Waals surface area contributed by atoms with E-state index >= 15 is 0 Å². The van der Waals surface area contributed by atoms with E-state index in [1.165, 1.54) is 11.3 Å². The summed E-state index contributed by atoms with van der Waals surface area (Å²) >= 11 is 1.25. The van der Waals surface area contributed by atoms with Crippen LogP contribution in [0.4, 0.5) is 0 Å². The topological polar surface area (TPSA) is 75.4 Å². The number of hydrogen-bond donors (Lipinski definition) is 1. The molecule has 1 aliphatic rings. The van der Waals surface area contributed by atoms with Gasteiger partial charge in [0.1, 0.15) is 9.97 Å². The number of nitrogens with zero attached hydrogens (tertiary/aromatic N) is 2. The molecule has 0 saturated carbocycles. The first-order valence-corrected chi connectivity index (χ1v) is 10.5. The van der Waals surface area contributed by atoms with Gasteiger partial charge in [0.2, 0.25) is 10.0 Å². The maximum atomic E-state index is 12.6. The zero-order chi connectivity index (χ0) is 17.3. The van der Waals surface area contributed by atoms with Crippen LogP contribution in [0.1, 0.15) is 31.2 Å². The Bertz CT molecular complexity index is 791. The molecule has 3 heterocycles. The molecule has 0 aliphatic carbocycles. The molecule has 6 nitrogen and oxygen atoms in total. The summed E-state index contributed by atoms with van der Waals surface area (Å²) in [6, 6.07) is 3.77. The summed E-state index contributed by atoms with van der Waals surface area (Å²) in [7, 11) is -3.48. The van der Waals surface area contributed by atoms with E-state index in [-0.39, 0.29) is 0 Å². The highest BCUT2D eigenvalue weighted by Gasteiger charge is 2.26. The van der Waals surface area contributed by atoms with Gasteiger partial charge >= 0.3 is 0 Å². The molecule has 8 heteroatoms. The van der Waals surface area contributed by atoms with E-state index in [4.69, 9.17) is 4.52 Å². The fraction of sp³-hybridized carbons (Fsp3) is 0.562. The van der Waals surface area contributed by atoms with Crippen LogP contribution in [0.2, 0.25) is 0 Å². The molecule has 1 aliphatic heterocycles. The molecule has 24 heavy (non-hydrogen) atoms. The Morgan fingerprint density at radius 1 is 1.42 bits per heavy atom. The van der Waals surface area contributed by atoms with Crippen molar-refractivity contribution >= 4 is 21.4 Å². The minimum absolute atomic E-state index is 0.298. The van der Waals surface area contributed by atoms with Gasteiger partial charge in [0, 0.05) is 17.5 Å². The normalized spacial score (nSPS) is 19.2. The molecule has 1 fully saturated rings. The molecule has 0 radical (unpaired) electrons. The Kier molecular flexibility index (Phi) is 5.10. The van der Waals surface area contributed by atoms with Crippen LogP contribution in [-0.4, -0.2) is 44.2 Å². The second kappa shape index (κ2) is 6.95. The number of hydrogen-bond acceptors (Lipinski definition) is 6. The number of aromatic nitrogens is 1. The van der Waals surface area contributed by atoms with Gasteiger partial charge < -0.3 is 4.52 Å². The lowest BCUT2D eigenvalue weighted by Crippen LogP contribution is -2.39. The molecular weight excluding hydrogens is 346 g/mol. The summed E-state index contributed by atoms with van der Waals surface area (Å²) < 4.78 is 33.4. The van der Waals surface area contributed by atoms with Gasteiger partial charge in [0.15, 0.2) is 0 Å². The van der Waals surface area contributed by atoms with Crippen molar-refractivity contribution in [1.29, 1.82) is 0 Å². The quantitative estimate of drug-likeness (QED) is 0.847. The Morgan fingerprint density at radius 3 is 2.88 bits per heavy atom. The lowest BCUT2D eigenvalue weighted by Gasteiger charge is -2.22. The van der Waals surface area contributed by atoms with E-state index in [0.717, 1.165) is 42.1 Å². The monoisotopic (exact) mass is 369 g/mol. The number of aryl methyl sites for hydroxylation is 2. The van der Waals surface area contributed by atoms with Crippen molar-refractivity contribution in [1.82, 2.24) is 14.8 Å². The predicted octanol–water partition coefficient (Wildman–Crippen LogP) is 2.78. The molecular formula is C16H23N3O3S2. The number of nitrogens with one attached hydrogen (secondary N) is 1. The number of likely N-dealkylation sites (tertiary alicyclic amines) is 1. The molecule has 0 bridgehead atoms. The van der Waals surface area contributed by atoms with Crippen LogP contribution in [0.15, 0.2) is 20.9 Å². The first-order valence-electron chi connectivity index (χ1n) is 8.19. The summed E-state index contributed by atoms with van der Waals surface area (Å²) in [6.45, 7) is 8.29. The fourth-order valence-corrected chi connectivity index (χ4v) is 5.82. The SMILES string of the molecule is CCN1CCCC1CNS(=O)(=O)c1ccc(-c2c(C)noc2C)s1. The molecule has 132 valence electrons. The lowest BCUT2D eigenvalue weighted by molar-refractivity contribution is 0.268. The van der Waals surface area contributed by atoms with Gasteiger partial charge in [-0.3, -0.25) is 4.90 Å². The van der Waals surface area contributed by atoms with E-state index in [9.17, 15) is 8.42 Å². The molecule has 2 aromatic rings. The summed E-state index contributed by atoms with van der Waals surface area (Å²) in [5.74, 6) is 0.704. The van der Waals surface area contributed by atoms with Crippen LogP contribution < -0.4 is 4.72 Å². The van der Waals surface area contributed by atoms with Crippen LogP contribution in [0.25, 0.3) is 10.4 Å². The standard InChI is InChI=1S/C16H23N3O3S2/c1-4-19-9-5-6-13(19)10-17-24(20,21)15-8-7-14(23-15)16-11(2)18-22-12(16)3/h7-8,13,17H,4-6,9-10H2,1-3H3. The fourth-order valence-electron chi connectivity index (χ4n) is 3.25. The molecule has 0 aromatic carbocycles. The zero-order valence-electron chi connectivity index (χ0n) is 14.2. The molecule has 1 unspecified atom stereocenters. The number of rotatable bonds is 6. The van der Waals surface area contributed by atoms with Crippen molar-refractivity contribution in [2.45, 2.75) is 43.9 Å². The second-order valence-electron chi connectivity index (χ2n) is 6.09. The third-order valence-corrected chi connectivity index (χ3v) is 7.56. The van der Waals surface area contributed by atoms with Crippen LogP contribution >= 0.6 is 11.3 Å². The summed E-state index contributed by atoms with van der Waals surface area (Å²) in [5.41, 5.74) is 1.66. The smallest absolute Gasteiger partial charge is 0.250 e. The molecule has 2 aromatic heterocycles. The molecule has 0 amide bonds. The van der Waals surface area contributed by atoms with Gasteiger partial charge in [-0.25, -0.2) is 13.1 Å². The van der Waals surface area contributed by atoms with Crippen molar-refractivity contribution in [2.75, 3.05) is 19.6 Å². The largest absolute Gasteiger partial charge is 0.361 e. The van der Waals surface area contributed by atoms with Crippen LogP contribution in [-0.2, 0) is 10.0 Å². The van der Waals surface area contributed by atoms with Gasteiger partial charge in [0.25, 0.3) is 0 Å². The Labute approximate surface area is 146 Å². The lowest BCUT2D eigenvalue weighted by atomic mass is 10.2. The zero-order valence-corrected chi connectivity index (χ0v) is 15.8. The van der Waals surface area contributed by atoms with Gasteiger partial charge in [0.05, 0.1) is 11.3 Å². The molecule has 1 N–H and O–H groups in total. The molecule has 1 atom stereocenters. The highest BCUT2D eigenvalue weighted by atomic mass is 32.2. The van der Waals surface area contributed by atoms with E-state index in [2.05, 4.69) is 21.7 Å². The maximum Gasteiger partial charge on any atom is 0.250 e. The van der Waals surface area contributed by atoms with Gasteiger partial charge in [-0.2, -0.15) is 0 Å². The van der Waals surface area contributed by atoms with Gasteiger partial charge in [-0.15, -0.1) is 11.3 Å². The number of sulfonamides is 1. The number of likely N-dealkylation sites (N-methyl/N-ethyl adjacent to an activating group) is 1. The van der Waals surface area contributed by atoms with E-state index in [0.29, 0.717) is 22.6 Å². The summed E-state index contributed by atoms with van der Waals surface area (Å²) in [5, 5.41) is 3.93. The van der Waals surface area contributed by atoms with Crippen molar-refractivity contribution in [3.8, 4) is 10.4 Å². The average molecular weight is 370 g/mol. The van der Waals surface area contributed by atoms with Crippen LogP contribution in [0, 0.1) is 13.8 Å². The van der Waals surface area contributed by atoms with Crippen LogP contribution in [0.3, 0.4) is 0 Å². The minimum Gasteiger partial charge on any atom is -0.361 e. The minimum atomic E-state index is -3.48. The van der Waals surface area contributed by atoms with Crippen molar-refractivity contribution < 1.29 is 12.9 Å². The van der Waals surface area contributed by atoms with Crippen molar-refractivity contribution in [2.24, 2.45) is 0 Å². The first-order chi connectivity index (χ1) is 11.4. The van der Waals surface area contributed by atoms with Gasteiger partial charge in [-0.05, 0) is 51.9 Å². The third-order valence-electron chi connectivity index (χ3n) is 4.54. The van der Waals surface area contributed by atoms with Crippen molar-refractivity contribution in [3.63, 3.8) is 0 Å². The molecule has 3 rings (SSSR count). The van der Waals surface area contributed by atoms with E-state index < -0.39 is 10.0 Å². The van der Waals surface area contributed by atoms with Crippen molar-refractivity contribution in [3.05, 3.63) is 23.6 Å². The van der Waals surface area contributed by atoms with Gasteiger partial charge in [-0.1, -0.05) is 12.1 Å². The summed E-state index contributed by atoms with van der Waals surface area (Å²) in [6.07, 6.45) is 2.18. The maximum absolute atomic E-state index is 12.6. The predicted molar refractivity (Wildman–Crippen MR) is 94.7 cm³/mol. The Morgan fingerprint density at radius 2 is 2.21 bits per heavy atom. The molecule has 1 saturated heterocycles. The highest BCUT2D eigenvalue weighted by Crippen LogP contribution is 2.34. The first kappa shape index (κ1) is 17.6. The number of thiophene rings is 1. The van der Waals surface area contributed by atoms with E-state index in [1.807, 2.05) is 19.9 Å².